The molecule has 4 rings (SSSR count). The van der Waals surface area contributed by atoms with Crippen molar-refractivity contribution in [1.29, 1.82) is 0 Å². The molecule has 7 heteroatoms. The summed E-state index contributed by atoms with van der Waals surface area (Å²) in [5.74, 6) is 2.45. The molecule has 166 valence electrons. The Bertz CT molecular complexity index is 909. The standard InChI is InChI=1S/C24H30N2O5/c1-3-28-16-20-14-19(6-8-21(20)29-4-2)24(27)26-11-9-25(10-12-26)15-18-5-7-22-23(13-18)31-17-30-22/h5-8,13-14H,3-4,9-12,15-17H2,1-2H3. The van der Waals surface area contributed by atoms with Gasteiger partial charge in [-0.05, 0) is 49.7 Å². The van der Waals surface area contributed by atoms with Crippen LogP contribution in [-0.2, 0) is 17.9 Å². The number of hydrogen-bond donors (Lipinski definition) is 0. The van der Waals surface area contributed by atoms with Crippen molar-refractivity contribution in [3.8, 4) is 17.2 Å². The van der Waals surface area contributed by atoms with E-state index < -0.39 is 0 Å². The van der Waals surface area contributed by atoms with Gasteiger partial charge in [0.15, 0.2) is 11.5 Å². The molecule has 31 heavy (non-hydrogen) atoms. The van der Waals surface area contributed by atoms with Gasteiger partial charge in [-0.15, -0.1) is 0 Å². The zero-order chi connectivity index (χ0) is 21.6. The minimum atomic E-state index is 0.0588. The first-order valence-corrected chi connectivity index (χ1v) is 10.9. The SMILES string of the molecule is CCOCc1cc(C(=O)N2CCN(Cc3ccc4c(c3)OCO4)CC2)ccc1OCC. The van der Waals surface area contributed by atoms with Crippen molar-refractivity contribution < 1.29 is 23.7 Å². The number of ether oxygens (including phenoxy) is 4. The number of carbonyl (C=O) groups is 1. The van der Waals surface area contributed by atoms with E-state index in [4.69, 9.17) is 18.9 Å². The molecule has 2 aliphatic rings. The second-order valence-electron chi connectivity index (χ2n) is 7.65. The fraction of sp³-hybridized carbons (Fsp3) is 0.458. The lowest BCUT2D eigenvalue weighted by Gasteiger charge is -2.35. The van der Waals surface area contributed by atoms with E-state index in [1.54, 1.807) is 0 Å². The maximum atomic E-state index is 13.1. The lowest BCUT2D eigenvalue weighted by Crippen LogP contribution is -2.48. The van der Waals surface area contributed by atoms with Crippen LogP contribution in [0.3, 0.4) is 0 Å². The molecule has 2 aliphatic heterocycles. The lowest BCUT2D eigenvalue weighted by atomic mass is 10.1. The van der Waals surface area contributed by atoms with Crippen molar-refractivity contribution in [3.05, 3.63) is 53.1 Å². The fourth-order valence-electron chi connectivity index (χ4n) is 3.92. The Morgan fingerprint density at radius 3 is 2.55 bits per heavy atom. The molecule has 0 bridgehead atoms. The number of hydrogen-bond acceptors (Lipinski definition) is 6. The molecular formula is C24H30N2O5. The molecule has 0 spiro atoms. The molecule has 1 fully saturated rings. The first kappa shape index (κ1) is 21.5. The number of benzene rings is 2. The fourth-order valence-corrected chi connectivity index (χ4v) is 3.92. The number of fused-ring (bicyclic) bond motifs is 1. The predicted octanol–water partition coefficient (Wildman–Crippen LogP) is 3.31. The molecule has 1 amide bonds. The van der Waals surface area contributed by atoms with Crippen LogP contribution < -0.4 is 14.2 Å². The van der Waals surface area contributed by atoms with Crippen LogP contribution >= 0.6 is 0 Å². The second kappa shape index (κ2) is 10.0. The first-order chi connectivity index (χ1) is 15.2. The number of piperazine rings is 1. The molecule has 2 heterocycles. The van der Waals surface area contributed by atoms with Gasteiger partial charge in [0, 0.05) is 50.5 Å². The molecule has 2 aromatic rings. The molecule has 1 saturated heterocycles. The number of amides is 1. The Morgan fingerprint density at radius 2 is 1.77 bits per heavy atom. The first-order valence-electron chi connectivity index (χ1n) is 10.9. The minimum absolute atomic E-state index is 0.0588. The summed E-state index contributed by atoms with van der Waals surface area (Å²) < 4.78 is 22.1. The third-order valence-electron chi connectivity index (χ3n) is 5.57. The van der Waals surface area contributed by atoms with Crippen LogP contribution in [0.15, 0.2) is 36.4 Å². The lowest BCUT2D eigenvalue weighted by molar-refractivity contribution is 0.0628. The van der Waals surface area contributed by atoms with Crippen molar-refractivity contribution in [2.45, 2.75) is 27.0 Å². The maximum absolute atomic E-state index is 13.1. The van der Waals surface area contributed by atoms with Gasteiger partial charge in [0.25, 0.3) is 5.91 Å². The summed E-state index contributed by atoms with van der Waals surface area (Å²) >= 11 is 0. The summed E-state index contributed by atoms with van der Waals surface area (Å²) in [6.45, 7) is 9.76. The van der Waals surface area contributed by atoms with Crippen LogP contribution in [0.2, 0.25) is 0 Å². The summed E-state index contributed by atoms with van der Waals surface area (Å²) in [6.07, 6.45) is 0. The van der Waals surface area contributed by atoms with Gasteiger partial charge in [-0.2, -0.15) is 0 Å². The van der Waals surface area contributed by atoms with Crippen LogP contribution in [0.5, 0.6) is 17.2 Å². The van der Waals surface area contributed by atoms with Crippen LogP contribution in [0.25, 0.3) is 0 Å². The van der Waals surface area contributed by atoms with Crippen LogP contribution in [0, 0.1) is 0 Å². The van der Waals surface area contributed by atoms with E-state index >= 15 is 0 Å². The summed E-state index contributed by atoms with van der Waals surface area (Å²) in [7, 11) is 0. The average Bonchev–Trinajstić information content (AvgIpc) is 3.26. The van der Waals surface area contributed by atoms with E-state index in [1.807, 2.05) is 49.1 Å². The van der Waals surface area contributed by atoms with E-state index in [1.165, 1.54) is 5.56 Å². The maximum Gasteiger partial charge on any atom is 0.253 e. The van der Waals surface area contributed by atoms with Gasteiger partial charge in [-0.3, -0.25) is 9.69 Å². The molecule has 0 saturated carbocycles. The Labute approximate surface area is 183 Å². The average molecular weight is 427 g/mol. The summed E-state index contributed by atoms with van der Waals surface area (Å²) in [6, 6.07) is 11.7. The molecular weight excluding hydrogens is 396 g/mol. The smallest absolute Gasteiger partial charge is 0.253 e. The van der Waals surface area contributed by atoms with Crippen molar-refractivity contribution in [3.63, 3.8) is 0 Å². The molecule has 0 unspecified atom stereocenters. The Morgan fingerprint density at radius 1 is 0.968 bits per heavy atom. The minimum Gasteiger partial charge on any atom is -0.494 e. The molecule has 0 atom stereocenters. The van der Waals surface area contributed by atoms with E-state index in [2.05, 4.69) is 11.0 Å². The third kappa shape index (κ3) is 5.11. The van der Waals surface area contributed by atoms with Crippen molar-refractivity contribution in [2.24, 2.45) is 0 Å². The van der Waals surface area contributed by atoms with Gasteiger partial charge < -0.3 is 23.8 Å². The number of rotatable bonds is 8. The normalized spacial score (nSPS) is 15.9. The monoisotopic (exact) mass is 426 g/mol. The summed E-state index contributed by atoms with van der Waals surface area (Å²) in [5.41, 5.74) is 2.79. The molecule has 0 N–H and O–H groups in total. The van der Waals surface area contributed by atoms with Gasteiger partial charge in [0.1, 0.15) is 5.75 Å². The molecule has 7 nitrogen and oxygen atoms in total. The largest absolute Gasteiger partial charge is 0.494 e. The Balaban J connectivity index is 1.35. The highest BCUT2D eigenvalue weighted by Crippen LogP contribution is 2.33. The van der Waals surface area contributed by atoms with Crippen molar-refractivity contribution >= 4 is 5.91 Å². The highest BCUT2D eigenvalue weighted by Gasteiger charge is 2.23. The van der Waals surface area contributed by atoms with Crippen molar-refractivity contribution in [2.75, 3.05) is 46.2 Å². The third-order valence-corrected chi connectivity index (χ3v) is 5.57. The summed E-state index contributed by atoms with van der Waals surface area (Å²) in [4.78, 5) is 17.4. The molecule has 0 aliphatic carbocycles. The Kier molecular flexibility index (Phi) is 6.94. The predicted molar refractivity (Wildman–Crippen MR) is 117 cm³/mol. The zero-order valence-electron chi connectivity index (χ0n) is 18.3. The topological polar surface area (TPSA) is 60.5 Å². The number of carbonyl (C=O) groups excluding carboxylic acids is 1. The van der Waals surface area contributed by atoms with Gasteiger partial charge in [0.05, 0.1) is 13.2 Å². The van der Waals surface area contributed by atoms with E-state index in [0.29, 0.717) is 38.5 Å². The Hall–Kier alpha value is -2.77. The van der Waals surface area contributed by atoms with Gasteiger partial charge >= 0.3 is 0 Å². The van der Waals surface area contributed by atoms with E-state index in [0.717, 1.165) is 42.4 Å². The molecule has 0 radical (unpaired) electrons. The van der Waals surface area contributed by atoms with E-state index in [9.17, 15) is 4.79 Å². The zero-order valence-corrected chi connectivity index (χ0v) is 18.3. The molecule has 2 aromatic carbocycles. The summed E-state index contributed by atoms with van der Waals surface area (Å²) in [5, 5.41) is 0. The molecule has 0 aromatic heterocycles. The van der Waals surface area contributed by atoms with Gasteiger partial charge in [-0.1, -0.05) is 6.07 Å². The van der Waals surface area contributed by atoms with Crippen LogP contribution in [0.4, 0.5) is 0 Å². The van der Waals surface area contributed by atoms with Crippen LogP contribution in [-0.4, -0.2) is 61.9 Å². The second-order valence-corrected chi connectivity index (χ2v) is 7.65. The number of nitrogens with zero attached hydrogens (tertiary/aromatic N) is 2. The quantitative estimate of drug-likeness (QED) is 0.646. The highest BCUT2D eigenvalue weighted by atomic mass is 16.7. The van der Waals surface area contributed by atoms with Crippen molar-refractivity contribution in [1.82, 2.24) is 9.80 Å². The van der Waals surface area contributed by atoms with E-state index in [-0.39, 0.29) is 12.7 Å². The van der Waals surface area contributed by atoms with Gasteiger partial charge in [-0.25, -0.2) is 0 Å². The highest BCUT2D eigenvalue weighted by molar-refractivity contribution is 5.94. The van der Waals surface area contributed by atoms with Gasteiger partial charge in [0.2, 0.25) is 6.79 Å². The van der Waals surface area contributed by atoms with Crippen LogP contribution in [0.1, 0.15) is 35.3 Å².